The summed E-state index contributed by atoms with van der Waals surface area (Å²) < 4.78 is 6.29. The van der Waals surface area contributed by atoms with Crippen LogP contribution >= 0.6 is 15.9 Å². The maximum absolute atomic E-state index is 11.8. The van der Waals surface area contributed by atoms with Crippen molar-refractivity contribution in [3.8, 4) is 5.75 Å². The minimum absolute atomic E-state index is 0.0945. The lowest BCUT2D eigenvalue weighted by molar-refractivity contribution is -0.378. The van der Waals surface area contributed by atoms with Crippen molar-refractivity contribution in [1.82, 2.24) is 0 Å². The average Bonchev–Trinajstić information content (AvgIpc) is 2.66. The lowest BCUT2D eigenvalue weighted by atomic mass is 10.1. The Kier molecular flexibility index (Phi) is 5.25. The molecule has 0 bridgehead atoms. The Labute approximate surface area is 152 Å². The normalized spacial score (nSPS) is 11.3. The maximum Gasteiger partial charge on any atom is 0.372 e. The number of carbonyl (C=O) groups is 1. The van der Waals surface area contributed by atoms with E-state index in [0.717, 1.165) is 15.2 Å². The summed E-state index contributed by atoms with van der Waals surface area (Å²) >= 11 is 3.50. The van der Waals surface area contributed by atoms with E-state index < -0.39 is 5.97 Å². The van der Waals surface area contributed by atoms with Gasteiger partial charge in [-0.05, 0) is 38.8 Å². The van der Waals surface area contributed by atoms with Crippen molar-refractivity contribution >= 4 is 38.5 Å². The first-order chi connectivity index (χ1) is 12.1. The third-order valence-electron chi connectivity index (χ3n) is 3.42. The molecule has 0 atom stereocenters. The first kappa shape index (κ1) is 16.9. The Morgan fingerprint density at radius 1 is 1.16 bits per heavy atom. The fraction of sp³-hybridized carbons (Fsp3) is 0.0556. The van der Waals surface area contributed by atoms with Gasteiger partial charge in [0.15, 0.2) is 24.8 Å². The van der Waals surface area contributed by atoms with Crippen molar-refractivity contribution in [1.29, 1.82) is 0 Å². The van der Waals surface area contributed by atoms with Crippen molar-refractivity contribution in [3.63, 3.8) is 0 Å². The van der Waals surface area contributed by atoms with Crippen LogP contribution in [0.25, 0.3) is 10.8 Å². The first-order valence-electron chi connectivity index (χ1n) is 7.45. The highest BCUT2D eigenvalue weighted by atomic mass is 79.9. The summed E-state index contributed by atoms with van der Waals surface area (Å²) in [6, 6.07) is 15.1. The molecular formula is C18H15BrN3O3+. The summed E-state index contributed by atoms with van der Waals surface area (Å²) in [6.07, 6.45) is 3.38. The van der Waals surface area contributed by atoms with Gasteiger partial charge in [-0.2, -0.15) is 0 Å². The number of halogens is 1. The number of benzene rings is 2. The van der Waals surface area contributed by atoms with Gasteiger partial charge in [0, 0.05) is 6.07 Å². The van der Waals surface area contributed by atoms with Crippen LogP contribution in [0.3, 0.4) is 0 Å². The molecule has 0 radical (unpaired) electrons. The molecule has 0 saturated heterocycles. The van der Waals surface area contributed by atoms with Gasteiger partial charge in [-0.1, -0.05) is 35.5 Å². The van der Waals surface area contributed by atoms with E-state index >= 15 is 0 Å². The molecule has 0 amide bonds. The Morgan fingerprint density at radius 2 is 2.00 bits per heavy atom. The zero-order valence-electron chi connectivity index (χ0n) is 13.1. The van der Waals surface area contributed by atoms with Gasteiger partial charge in [0.2, 0.25) is 0 Å². The number of H-pyrrole nitrogens is 1. The maximum atomic E-state index is 11.8. The van der Waals surface area contributed by atoms with E-state index in [-0.39, 0.29) is 12.4 Å². The van der Waals surface area contributed by atoms with Gasteiger partial charge in [0.05, 0.1) is 10.0 Å². The molecule has 6 nitrogen and oxygen atoms in total. The van der Waals surface area contributed by atoms with Crippen molar-refractivity contribution in [2.45, 2.75) is 0 Å². The van der Waals surface area contributed by atoms with Gasteiger partial charge in [0.1, 0.15) is 5.75 Å². The Hall–Kier alpha value is -2.93. The van der Waals surface area contributed by atoms with Crippen molar-refractivity contribution in [3.05, 3.63) is 71.0 Å². The van der Waals surface area contributed by atoms with Crippen LogP contribution in [0.1, 0.15) is 5.56 Å². The SMILES string of the molecule is NC(=NOC(=O)COc1ccc2ccccc2c1Br)c1ccc[nH+]c1. The fourth-order valence-electron chi connectivity index (χ4n) is 2.19. The van der Waals surface area contributed by atoms with E-state index in [2.05, 4.69) is 26.1 Å². The first-order valence-corrected chi connectivity index (χ1v) is 8.24. The molecule has 0 aliphatic rings. The van der Waals surface area contributed by atoms with E-state index in [9.17, 15) is 4.79 Å². The van der Waals surface area contributed by atoms with E-state index in [1.807, 2.05) is 30.3 Å². The van der Waals surface area contributed by atoms with Gasteiger partial charge in [0.25, 0.3) is 0 Å². The molecule has 0 fully saturated rings. The molecule has 2 aromatic carbocycles. The van der Waals surface area contributed by atoms with Crippen LogP contribution in [0.15, 0.2) is 70.6 Å². The second kappa shape index (κ2) is 7.76. The lowest BCUT2D eigenvalue weighted by Gasteiger charge is -2.09. The second-order valence-corrected chi connectivity index (χ2v) is 5.91. The largest absolute Gasteiger partial charge is 0.481 e. The lowest BCUT2D eigenvalue weighted by Crippen LogP contribution is -2.19. The number of aromatic nitrogens is 1. The summed E-state index contributed by atoms with van der Waals surface area (Å²) in [7, 11) is 0. The van der Waals surface area contributed by atoms with Gasteiger partial charge in [-0.15, -0.1) is 0 Å². The number of hydrogen-bond acceptors (Lipinski definition) is 4. The molecule has 0 spiro atoms. The molecule has 126 valence electrons. The van der Waals surface area contributed by atoms with Crippen LogP contribution in [0.2, 0.25) is 0 Å². The van der Waals surface area contributed by atoms with Crippen LogP contribution < -0.4 is 15.5 Å². The topological polar surface area (TPSA) is 88.1 Å². The van der Waals surface area contributed by atoms with Crippen molar-refractivity contribution in [2.24, 2.45) is 10.9 Å². The van der Waals surface area contributed by atoms with Gasteiger partial charge in [-0.3, -0.25) is 0 Å². The molecule has 0 unspecified atom stereocenters. The monoisotopic (exact) mass is 400 g/mol. The summed E-state index contributed by atoms with van der Waals surface area (Å²) in [5, 5.41) is 5.68. The minimum Gasteiger partial charge on any atom is -0.481 e. The van der Waals surface area contributed by atoms with E-state index in [1.54, 1.807) is 30.6 Å². The number of hydrogen-bond donors (Lipinski definition) is 1. The predicted molar refractivity (Wildman–Crippen MR) is 97.0 cm³/mol. The van der Waals surface area contributed by atoms with Gasteiger partial charge in [-0.25, -0.2) is 9.78 Å². The number of carbonyl (C=O) groups excluding carboxylic acids is 1. The zero-order valence-corrected chi connectivity index (χ0v) is 14.7. The smallest absolute Gasteiger partial charge is 0.372 e. The van der Waals surface area contributed by atoms with Crippen LogP contribution in [0, 0.1) is 0 Å². The second-order valence-electron chi connectivity index (χ2n) is 5.12. The number of rotatable bonds is 5. The highest BCUT2D eigenvalue weighted by Crippen LogP contribution is 2.32. The predicted octanol–water partition coefficient (Wildman–Crippen LogP) is 2.66. The van der Waals surface area contributed by atoms with Crippen molar-refractivity contribution < 1.29 is 19.4 Å². The van der Waals surface area contributed by atoms with Crippen LogP contribution in [-0.2, 0) is 9.63 Å². The number of pyridine rings is 1. The highest BCUT2D eigenvalue weighted by Gasteiger charge is 2.10. The number of oxime groups is 1. The molecule has 1 aromatic heterocycles. The Bertz CT molecular complexity index is 929. The molecule has 25 heavy (non-hydrogen) atoms. The summed E-state index contributed by atoms with van der Waals surface area (Å²) in [4.78, 5) is 19.4. The molecule has 3 aromatic rings. The third-order valence-corrected chi connectivity index (χ3v) is 4.24. The summed E-state index contributed by atoms with van der Waals surface area (Å²) in [5.74, 6) is -0.00901. The number of ether oxygens (including phenoxy) is 1. The Balaban J connectivity index is 1.62. The third kappa shape index (κ3) is 4.13. The molecule has 7 heteroatoms. The number of nitrogens with zero attached hydrogens (tertiary/aromatic N) is 1. The highest BCUT2D eigenvalue weighted by molar-refractivity contribution is 9.10. The number of nitrogens with two attached hydrogens (primary N) is 1. The number of amidine groups is 1. The molecular weight excluding hydrogens is 386 g/mol. The van der Waals surface area contributed by atoms with E-state index in [1.165, 1.54) is 0 Å². The van der Waals surface area contributed by atoms with E-state index in [0.29, 0.717) is 11.3 Å². The summed E-state index contributed by atoms with van der Waals surface area (Å²) in [5.41, 5.74) is 6.36. The molecule has 0 saturated carbocycles. The van der Waals surface area contributed by atoms with Crippen molar-refractivity contribution in [2.75, 3.05) is 6.61 Å². The molecule has 3 rings (SSSR count). The van der Waals surface area contributed by atoms with Gasteiger partial charge < -0.3 is 15.3 Å². The number of fused-ring (bicyclic) bond motifs is 1. The molecule has 3 N–H and O–H groups in total. The minimum atomic E-state index is -0.650. The fourth-order valence-corrected chi connectivity index (χ4v) is 2.80. The molecule has 1 heterocycles. The average molecular weight is 401 g/mol. The van der Waals surface area contributed by atoms with Crippen LogP contribution in [0.4, 0.5) is 0 Å². The zero-order chi connectivity index (χ0) is 17.6. The quantitative estimate of drug-likeness (QED) is 0.308. The van der Waals surface area contributed by atoms with Crippen LogP contribution in [0.5, 0.6) is 5.75 Å². The Morgan fingerprint density at radius 3 is 2.80 bits per heavy atom. The standard InChI is InChI=1S/C18H14BrN3O3/c19-17-14-6-2-1-4-12(14)7-8-15(17)24-11-16(23)25-22-18(20)13-5-3-9-21-10-13/h1-10H,11H2,(H2,20,22)/p+1. The number of nitrogens with one attached hydrogen (secondary N) is 1. The van der Waals surface area contributed by atoms with Crippen LogP contribution in [-0.4, -0.2) is 18.4 Å². The molecule has 0 aliphatic carbocycles. The molecule has 0 aliphatic heterocycles. The van der Waals surface area contributed by atoms with E-state index in [4.69, 9.17) is 15.3 Å². The number of aromatic amines is 1. The van der Waals surface area contributed by atoms with Gasteiger partial charge >= 0.3 is 5.97 Å². The summed E-state index contributed by atoms with van der Waals surface area (Å²) in [6.45, 7) is -0.283.